The maximum atomic E-state index is 13.4. The SMILES string of the molecule is CNC(Cc1cc(F)ccc1Cl)c1c(C)cccc1C. The lowest BCUT2D eigenvalue weighted by Gasteiger charge is -2.22. The van der Waals surface area contributed by atoms with Crippen LogP contribution in [0.4, 0.5) is 4.39 Å². The Kier molecular flexibility index (Phi) is 4.79. The van der Waals surface area contributed by atoms with Crippen LogP contribution in [0.5, 0.6) is 0 Å². The molecule has 0 aliphatic heterocycles. The molecule has 0 aliphatic carbocycles. The molecule has 0 bridgehead atoms. The van der Waals surface area contributed by atoms with Crippen molar-refractivity contribution in [2.45, 2.75) is 26.3 Å². The van der Waals surface area contributed by atoms with Gasteiger partial charge in [-0.1, -0.05) is 29.8 Å². The van der Waals surface area contributed by atoms with Crippen LogP contribution in [0.25, 0.3) is 0 Å². The fourth-order valence-electron chi connectivity index (χ4n) is 2.65. The van der Waals surface area contributed by atoms with Crippen molar-refractivity contribution in [3.05, 3.63) is 69.5 Å². The molecule has 0 saturated heterocycles. The van der Waals surface area contributed by atoms with Gasteiger partial charge in [-0.15, -0.1) is 0 Å². The fourth-order valence-corrected chi connectivity index (χ4v) is 2.84. The summed E-state index contributed by atoms with van der Waals surface area (Å²) in [7, 11) is 1.92. The molecule has 1 nitrogen and oxygen atoms in total. The summed E-state index contributed by atoms with van der Waals surface area (Å²) in [5, 5.41) is 3.92. The van der Waals surface area contributed by atoms with Gasteiger partial charge in [-0.05, 0) is 67.8 Å². The molecule has 0 radical (unpaired) electrons. The highest BCUT2D eigenvalue weighted by atomic mass is 35.5. The first-order chi connectivity index (χ1) is 9.52. The van der Waals surface area contributed by atoms with Gasteiger partial charge in [0.25, 0.3) is 0 Å². The van der Waals surface area contributed by atoms with Crippen molar-refractivity contribution >= 4 is 11.6 Å². The van der Waals surface area contributed by atoms with E-state index < -0.39 is 0 Å². The highest BCUT2D eigenvalue weighted by molar-refractivity contribution is 6.31. The maximum absolute atomic E-state index is 13.4. The van der Waals surface area contributed by atoms with Gasteiger partial charge in [-0.2, -0.15) is 0 Å². The van der Waals surface area contributed by atoms with Crippen LogP contribution in [0, 0.1) is 19.7 Å². The molecule has 0 aromatic heterocycles. The van der Waals surface area contributed by atoms with Gasteiger partial charge in [0.05, 0.1) is 0 Å². The van der Waals surface area contributed by atoms with Crippen LogP contribution in [-0.4, -0.2) is 7.05 Å². The van der Waals surface area contributed by atoms with Crippen molar-refractivity contribution in [2.24, 2.45) is 0 Å². The van der Waals surface area contributed by atoms with Crippen LogP contribution in [-0.2, 0) is 6.42 Å². The summed E-state index contributed by atoms with van der Waals surface area (Å²) in [6, 6.07) is 10.9. The number of nitrogens with one attached hydrogen (secondary N) is 1. The van der Waals surface area contributed by atoms with E-state index in [0.717, 1.165) is 5.56 Å². The molecule has 0 amide bonds. The van der Waals surface area contributed by atoms with E-state index in [1.807, 2.05) is 7.05 Å². The van der Waals surface area contributed by atoms with E-state index in [4.69, 9.17) is 11.6 Å². The van der Waals surface area contributed by atoms with Crippen LogP contribution < -0.4 is 5.32 Å². The molecule has 2 rings (SSSR count). The predicted molar refractivity (Wildman–Crippen MR) is 82.8 cm³/mol. The number of halogens is 2. The van der Waals surface area contributed by atoms with Gasteiger partial charge in [0.15, 0.2) is 0 Å². The molecular formula is C17H19ClFN. The first-order valence-electron chi connectivity index (χ1n) is 6.70. The lowest BCUT2D eigenvalue weighted by molar-refractivity contribution is 0.579. The van der Waals surface area contributed by atoms with Crippen LogP contribution in [0.2, 0.25) is 5.02 Å². The van der Waals surface area contributed by atoms with Gasteiger partial charge in [0, 0.05) is 11.1 Å². The third kappa shape index (κ3) is 3.20. The minimum atomic E-state index is -0.249. The molecule has 0 fully saturated rings. The molecule has 106 valence electrons. The topological polar surface area (TPSA) is 12.0 Å². The maximum Gasteiger partial charge on any atom is 0.123 e. The van der Waals surface area contributed by atoms with Crippen molar-refractivity contribution < 1.29 is 4.39 Å². The third-order valence-corrected chi connectivity index (χ3v) is 4.04. The van der Waals surface area contributed by atoms with Gasteiger partial charge >= 0.3 is 0 Å². The standard InChI is InChI=1S/C17H19ClFN/c1-11-5-4-6-12(2)17(11)16(20-3)10-13-9-14(19)7-8-15(13)18/h4-9,16,20H,10H2,1-3H3. The minimum absolute atomic E-state index is 0.121. The Hall–Kier alpha value is -1.38. The molecule has 1 unspecified atom stereocenters. The quantitative estimate of drug-likeness (QED) is 0.868. The minimum Gasteiger partial charge on any atom is -0.313 e. The Bertz CT molecular complexity index is 590. The number of aryl methyl sites for hydroxylation is 2. The fraction of sp³-hybridized carbons (Fsp3) is 0.294. The number of rotatable bonds is 4. The lowest BCUT2D eigenvalue weighted by atomic mass is 9.92. The van der Waals surface area contributed by atoms with Gasteiger partial charge in [-0.25, -0.2) is 4.39 Å². The van der Waals surface area contributed by atoms with Gasteiger partial charge in [0.2, 0.25) is 0 Å². The largest absolute Gasteiger partial charge is 0.313 e. The van der Waals surface area contributed by atoms with Crippen molar-refractivity contribution in [3.63, 3.8) is 0 Å². The Labute approximate surface area is 124 Å². The first-order valence-corrected chi connectivity index (χ1v) is 7.08. The average Bonchev–Trinajstić information content (AvgIpc) is 2.41. The summed E-state index contributed by atoms with van der Waals surface area (Å²) >= 11 is 6.17. The summed E-state index contributed by atoms with van der Waals surface area (Å²) in [6.45, 7) is 4.19. The van der Waals surface area contributed by atoms with Gasteiger partial charge in [-0.3, -0.25) is 0 Å². The van der Waals surface area contributed by atoms with E-state index in [9.17, 15) is 4.39 Å². The zero-order chi connectivity index (χ0) is 14.7. The molecule has 0 saturated carbocycles. The molecular weight excluding hydrogens is 273 g/mol. The van der Waals surface area contributed by atoms with Crippen molar-refractivity contribution in [3.8, 4) is 0 Å². The van der Waals surface area contributed by atoms with E-state index in [1.165, 1.54) is 28.8 Å². The smallest absolute Gasteiger partial charge is 0.123 e. The van der Waals surface area contributed by atoms with E-state index in [-0.39, 0.29) is 11.9 Å². The van der Waals surface area contributed by atoms with Crippen LogP contribution in [0.1, 0.15) is 28.3 Å². The highest BCUT2D eigenvalue weighted by Crippen LogP contribution is 2.28. The van der Waals surface area contributed by atoms with E-state index >= 15 is 0 Å². The molecule has 0 aliphatic rings. The van der Waals surface area contributed by atoms with Crippen LogP contribution in [0.3, 0.4) is 0 Å². The molecule has 2 aromatic carbocycles. The number of hydrogen-bond donors (Lipinski definition) is 1. The second-order valence-electron chi connectivity index (χ2n) is 5.09. The van der Waals surface area contributed by atoms with Crippen molar-refractivity contribution in [2.75, 3.05) is 7.05 Å². The lowest BCUT2D eigenvalue weighted by Crippen LogP contribution is -2.21. The summed E-state index contributed by atoms with van der Waals surface area (Å²) < 4.78 is 13.4. The summed E-state index contributed by atoms with van der Waals surface area (Å²) in [6.07, 6.45) is 0.665. The summed E-state index contributed by atoms with van der Waals surface area (Å²) in [5.74, 6) is -0.249. The van der Waals surface area contributed by atoms with Gasteiger partial charge < -0.3 is 5.32 Å². The van der Waals surface area contributed by atoms with Gasteiger partial charge in [0.1, 0.15) is 5.82 Å². The second kappa shape index (κ2) is 6.38. The molecule has 0 heterocycles. The Balaban J connectivity index is 2.36. The number of hydrogen-bond acceptors (Lipinski definition) is 1. The molecule has 1 atom stereocenters. The summed E-state index contributed by atoms with van der Waals surface area (Å²) in [4.78, 5) is 0. The average molecular weight is 292 g/mol. The monoisotopic (exact) mass is 291 g/mol. The molecule has 3 heteroatoms. The van der Waals surface area contributed by atoms with Crippen molar-refractivity contribution in [1.82, 2.24) is 5.32 Å². The Morgan fingerprint density at radius 1 is 1.15 bits per heavy atom. The molecule has 1 N–H and O–H groups in total. The van der Waals surface area contributed by atoms with E-state index in [2.05, 4.69) is 37.4 Å². The first kappa shape index (κ1) is 15.0. The molecule has 2 aromatic rings. The highest BCUT2D eigenvalue weighted by Gasteiger charge is 2.16. The molecule has 20 heavy (non-hydrogen) atoms. The second-order valence-corrected chi connectivity index (χ2v) is 5.49. The van der Waals surface area contributed by atoms with E-state index in [0.29, 0.717) is 11.4 Å². The predicted octanol–water partition coefficient (Wildman–Crippen LogP) is 4.60. The number of likely N-dealkylation sites (N-methyl/N-ethyl adjacent to an activating group) is 1. The molecule has 0 spiro atoms. The third-order valence-electron chi connectivity index (χ3n) is 3.67. The van der Waals surface area contributed by atoms with Crippen molar-refractivity contribution in [1.29, 1.82) is 0 Å². The number of benzene rings is 2. The zero-order valence-electron chi connectivity index (χ0n) is 12.0. The van der Waals surface area contributed by atoms with Crippen LogP contribution in [0.15, 0.2) is 36.4 Å². The Morgan fingerprint density at radius 3 is 2.40 bits per heavy atom. The van der Waals surface area contributed by atoms with E-state index in [1.54, 1.807) is 6.07 Å². The van der Waals surface area contributed by atoms with Crippen LogP contribution >= 0.6 is 11.6 Å². The summed E-state index contributed by atoms with van der Waals surface area (Å²) in [5.41, 5.74) is 4.55. The normalized spacial score (nSPS) is 12.4. The zero-order valence-corrected chi connectivity index (χ0v) is 12.8. The Morgan fingerprint density at radius 2 is 1.80 bits per heavy atom.